The van der Waals surface area contributed by atoms with Gasteiger partial charge in [-0.05, 0) is 35.9 Å². The third-order valence-corrected chi connectivity index (χ3v) is 4.79. The number of carbonyl (C=O) groups is 1. The van der Waals surface area contributed by atoms with Gasteiger partial charge < -0.3 is 0 Å². The van der Waals surface area contributed by atoms with Gasteiger partial charge in [-0.3, -0.25) is 19.8 Å². The lowest BCUT2D eigenvalue weighted by atomic mass is 10.1. The van der Waals surface area contributed by atoms with Crippen LogP contribution in [0.4, 0.5) is 11.4 Å². The lowest BCUT2D eigenvalue weighted by Gasteiger charge is -2.24. The van der Waals surface area contributed by atoms with Crippen LogP contribution in [-0.4, -0.2) is 16.6 Å². The molecule has 0 saturated carbocycles. The van der Waals surface area contributed by atoms with Gasteiger partial charge in [0.1, 0.15) is 5.37 Å². The number of benzene rings is 2. The van der Waals surface area contributed by atoms with E-state index >= 15 is 0 Å². The van der Waals surface area contributed by atoms with Crippen LogP contribution in [0.15, 0.2) is 48.5 Å². The highest BCUT2D eigenvalue weighted by Crippen LogP contribution is 2.42. The Bertz CT molecular complexity index is 736. The molecule has 112 valence electrons. The topological polar surface area (TPSA) is 63.4 Å². The molecule has 0 aromatic heterocycles. The Kier molecular flexibility index (Phi) is 4.04. The zero-order chi connectivity index (χ0) is 15.7. The fraction of sp³-hybridized carbons (Fsp3) is 0.133. The first-order chi connectivity index (χ1) is 10.6. The van der Waals surface area contributed by atoms with Gasteiger partial charge in [-0.15, -0.1) is 11.8 Å². The lowest BCUT2D eigenvalue weighted by molar-refractivity contribution is -0.384. The number of halogens is 1. The van der Waals surface area contributed by atoms with E-state index in [4.69, 9.17) is 11.6 Å². The lowest BCUT2D eigenvalue weighted by Crippen LogP contribution is -2.27. The molecule has 2 aromatic carbocycles. The Hall–Kier alpha value is -2.05. The fourth-order valence-corrected chi connectivity index (χ4v) is 3.70. The molecule has 1 atom stereocenters. The molecule has 7 heteroatoms. The summed E-state index contributed by atoms with van der Waals surface area (Å²) in [4.78, 5) is 24.2. The minimum atomic E-state index is -0.439. The number of carbonyl (C=O) groups excluding carboxylic acids is 1. The summed E-state index contributed by atoms with van der Waals surface area (Å²) in [6, 6.07) is 13.4. The van der Waals surface area contributed by atoms with Crippen molar-refractivity contribution in [1.29, 1.82) is 0 Å². The van der Waals surface area contributed by atoms with Crippen molar-refractivity contribution in [2.45, 2.75) is 5.37 Å². The van der Waals surface area contributed by atoms with Crippen molar-refractivity contribution in [3.63, 3.8) is 0 Å². The number of nitro benzene ring substituents is 1. The van der Waals surface area contributed by atoms with Gasteiger partial charge in [0.2, 0.25) is 5.91 Å². The van der Waals surface area contributed by atoms with E-state index in [1.165, 1.54) is 23.9 Å². The van der Waals surface area contributed by atoms with E-state index < -0.39 is 4.92 Å². The van der Waals surface area contributed by atoms with Gasteiger partial charge in [0, 0.05) is 22.8 Å². The molecule has 1 fully saturated rings. The number of anilines is 1. The molecule has 0 unspecified atom stereocenters. The number of hydrogen-bond donors (Lipinski definition) is 0. The van der Waals surface area contributed by atoms with E-state index in [1.54, 1.807) is 35.2 Å². The van der Waals surface area contributed by atoms with Gasteiger partial charge in [0.05, 0.1) is 10.7 Å². The molecule has 2 aromatic rings. The van der Waals surface area contributed by atoms with Crippen molar-refractivity contribution in [2.24, 2.45) is 0 Å². The van der Waals surface area contributed by atoms with Crippen LogP contribution in [0.1, 0.15) is 10.9 Å². The van der Waals surface area contributed by atoms with E-state index in [1.807, 2.05) is 6.07 Å². The molecule has 22 heavy (non-hydrogen) atoms. The average Bonchev–Trinajstić information content (AvgIpc) is 2.89. The normalized spacial score (nSPS) is 17.8. The summed E-state index contributed by atoms with van der Waals surface area (Å²) in [5.41, 5.74) is 1.61. The van der Waals surface area contributed by atoms with Gasteiger partial charge in [0.25, 0.3) is 5.69 Å². The van der Waals surface area contributed by atoms with Crippen molar-refractivity contribution in [2.75, 3.05) is 10.7 Å². The van der Waals surface area contributed by atoms with Crippen LogP contribution in [0.5, 0.6) is 0 Å². The van der Waals surface area contributed by atoms with Crippen LogP contribution < -0.4 is 4.90 Å². The molecule has 1 aliphatic rings. The summed E-state index contributed by atoms with van der Waals surface area (Å²) in [5, 5.41) is 11.1. The van der Waals surface area contributed by atoms with E-state index in [0.29, 0.717) is 10.8 Å². The van der Waals surface area contributed by atoms with Crippen LogP contribution in [-0.2, 0) is 4.79 Å². The largest absolute Gasteiger partial charge is 0.295 e. The van der Waals surface area contributed by atoms with Gasteiger partial charge in [-0.25, -0.2) is 0 Å². The first-order valence-electron chi connectivity index (χ1n) is 6.50. The summed E-state index contributed by atoms with van der Waals surface area (Å²) in [7, 11) is 0. The van der Waals surface area contributed by atoms with Crippen molar-refractivity contribution in [3.05, 3.63) is 69.2 Å². The molecule has 1 heterocycles. The average molecular weight is 335 g/mol. The van der Waals surface area contributed by atoms with Crippen molar-refractivity contribution >= 4 is 40.6 Å². The van der Waals surface area contributed by atoms with E-state index in [0.717, 1.165) is 11.3 Å². The second-order valence-electron chi connectivity index (χ2n) is 4.76. The van der Waals surface area contributed by atoms with Gasteiger partial charge >= 0.3 is 0 Å². The number of amides is 1. The predicted molar refractivity (Wildman–Crippen MR) is 87.2 cm³/mol. The van der Waals surface area contributed by atoms with Gasteiger partial charge in [0.15, 0.2) is 0 Å². The second-order valence-corrected chi connectivity index (χ2v) is 6.26. The molecule has 3 rings (SSSR count). The Morgan fingerprint density at radius 2 is 1.95 bits per heavy atom. The molecule has 0 N–H and O–H groups in total. The summed E-state index contributed by atoms with van der Waals surface area (Å²) in [6.07, 6.45) is 0. The monoisotopic (exact) mass is 334 g/mol. The number of nitro groups is 1. The van der Waals surface area contributed by atoms with Crippen molar-refractivity contribution < 1.29 is 9.72 Å². The fourth-order valence-electron chi connectivity index (χ4n) is 2.34. The zero-order valence-corrected chi connectivity index (χ0v) is 12.9. The molecule has 0 radical (unpaired) electrons. The number of hydrogen-bond acceptors (Lipinski definition) is 4. The first kappa shape index (κ1) is 14.9. The number of rotatable bonds is 3. The molecule has 5 nitrogen and oxygen atoms in total. The molecule has 1 amide bonds. The number of nitrogens with zero attached hydrogens (tertiary/aromatic N) is 2. The maximum atomic E-state index is 12.2. The first-order valence-corrected chi connectivity index (χ1v) is 7.92. The van der Waals surface area contributed by atoms with E-state index in [-0.39, 0.29) is 17.0 Å². The van der Waals surface area contributed by atoms with Crippen molar-refractivity contribution in [1.82, 2.24) is 0 Å². The van der Waals surface area contributed by atoms with Crippen LogP contribution >= 0.6 is 23.4 Å². The highest BCUT2D eigenvalue weighted by atomic mass is 35.5. The minimum Gasteiger partial charge on any atom is -0.295 e. The Morgan fingerprint density at radius 1 is 1.23 bits per heavy atom. The highest BCUT2D eigenvalue weighted by molar-refractivity contribution is 8.00. The summed E-state index contributed by atoms with van der Waals surface area (Å²) in [5.74, 6) is 0.365. The summed E-state index contributed by atoms with van der Waals surface area (Å²) >= 11 is 7.49. The quantitative estimate of drug-likeness (QED) is 0.628. The van der Waals surface area contributed by atoms with Gasteiger partial charge in [-0.2, -0.15) is 0 Å². The Balaban J connectivity index is 1.95. The zero-order valence-electron chi connectivity index (χ0n) is 11.3. The minimum absolute atomic E-state index is 0.00406. The Morgan fingerprint density at radius 3 is 2.59 bits per heavy atom. The SMILES string of the molecule is O=C1CS[C@@H](c2ccc([N+](=O)[O-])cc2)N1c1cccc(Cl)c1. The molecule has 1 aliphatic heterocycles. The van der Waals surface area contributed by atoms with Crippen LogP contribution in [0.3, 0.4) is 0 Å². The molecule has 0 bridgehead atoms. The standard InChI is InChI=1S/C15H11ClN2O3S/c16-11-2-1-3-13(8-11)17-14(19)9-22-15(17)10-4-6-12(7-5-10)18(20)21/h1-8,15H,9H2/t15-/m0/s1. The molecular formula is C15H11ClN2O3S. The van der Waals surface area contributed by atoms with Crippen LogP contribution in [0, 0.1) is 10.1 Å². The molecule has 0 aliphatic carbocycles. The smallest absolute Gasteiger partial charge is 0.269 e. The maximum absolute atomic E-state index is 12.2. The predicted octanol–water partition coefficient (Wildman–Crippen LogP) is 4.03. The van der Waals surface area contributed by atoms with Crippen molar-refractivity contribution in [3.8, 4) is 0 Å². The maximum Gasteiger partial charge on any atom is 0.269 e. The van der Waals surface area contributed by atoms with Crippen LogP contribution in [0.25, 0.3) is 0 Å². The molecule has 0 spiro atoms. The third-order valence-electron chi connectivity index (χ3n) is 3.34. The number of non-ortho nitro benzene ring substituents is 1. The van der Waals surface area contributed by atoms with Gasteiger partial charge in [-0.1, -0.05) is 17.7 Å². The summed E-state index contributed by atoms with van der Waals surface area (Å²) in [6.45, 7) is 0. The van der Waals surface area contributed by atoms with Crippen LogP contribution in [0.2, 0.25) is 5.02 Å². The third kappa shape index (κ3) is 2.80. The van der Waals surface area contributed by atoms with E-state index in [2.05, 4.69) is 0 Å². The Labute approximate surface area is 136 Å². The second kappa shape index (κ2) is 5.98. The number of thioether (sulfide) groups is 1. The molecule has 1 saturated heterocycles. The highest BCUT2D eigenvalue weighted by Gasteiger charge is 2.34. The summed E-state index contributed by atoms with van der Waals surface area (Å²) < 4.78 is 0. The van der Waals surface area contributed by atoms with E-state index in [9.17, 15) is 14.9 Å². The molecular weight excluding hydrogens is 324 g/mol.